The number of hydrogen-bond donors (Lipinski definition) is 9. The number of carbonyl (C=O) groups excluding carboxylic acids is 1. The van der Waals surface area contributed by atoms with Crippen LogP contribution in [0, 0.1) is 17.8 Å². The standard InChI is InChI=1S/C23H46N2O12/c26-6-18(7-27)12-35-15-23(16-36-13-19(8-28)9-29,17-37-14-20(10-30)11-31)25-22(34)24-5-3-1-2-4-21(32)33/h18-20,26-31H,1-17H2,(H,32,33)(H2,24,25,34). The van der Waals surface area contributed by atoms with Gasteiger partial charge in [0.05, 0.1) is 79.3 Å². The smallest absolute Gasteiger partial charge is 0.315 e. The number of ether oxygens (including phenoxy) is 3. The molecule has 0 aliphatic rings. The Balaban J connectivity index is 5.34. The van der Waals surface area contributed by atoms with Gasteiger partial charge in [0.1, 0.15) is 5.54 Å². The second-order valence-electron chi connectivity index (χ2n) is 9.10. The summed E-state index contributed by atoms with van der Waals surface area (Å²) in [6.07, 6.45) is 1.72. The van der Waals surface area contributed by atoms with Crippen LogP contribution in [0.5, 0.6) is 0 Å². The number of carboxylic acid groups (broad SMARTS) is 1. The van der Waals surface area contributed by atoms with E-state index in [4.69, 9.17) is 19.3 Å². The van der Waals surface area contributed by atoms with Crippen molar-refractivity contribution in [3.05, 3.63) is 0 Å². The first-order chi connectivity index (χ1) is 17.8. The van der Waals surface area contributed by atoms with Crippen molar-refractivity contribution in [2.24, 2.45) is 17.8 Å². The number of rotatable bonds is 25. The zero-order chi connectivity index (χ0) is 27.9. The highest BCUT2D eigenvalue weighted by Gasteiger charge is 2.34. The summed E-state index contributed by atoms with van der Waals surface area (Å²) in [4.78, 5) is 23.3. The van der Waals surface area contributed by atoms with Gasteiger partial charge in [-0.2, -0.15) is 0 Å². The van der Waals surface area contributed by atoms with Crippen LogP contribution >= 0.6 is 0 Å². The summed E-state index contributed by atoms with van der Waals surface area (Å²) in [5.41, 5.74) is -1.28. The minimum Gasteiger partial charge on any atom is -0.481 e. The Bertz CT molecular complexity index is 526. The van der Waals surface area contributed by atoms with E-state index in [1.807, 2.05) is 0 Å². The first kappa shape index (κ1) is 35.4. The molecule has 2 amide bonds. The third kappa shape index (κ3) is 17.5. The maximum Gasteiger partial charge on any atom is 0.315 e. The zero-order valence-electron chi connectivity index (χ0n) is 21.4. The van der Waals surface area contributed by atoms with Crippen LogP contribution in [0.15, 0.2) is 0 Å². The Hall–Kier alpha value is -1.62. The van der Waals surface area contributed by atoms with E-state index in [-0.39, 0.29) is 92.2 Å². The van der Waals surface area contributed by atoms with Gasteiger partial charge in [-0.05, 0) is 12.8 Å². The SMILES string of the molecule is O=C(O)CCCCCNC(=O)NC(COCC(CO)CO)(COCC(CO)CO)COCC(CO)CO. The summed E-state index contributed by atoms with van der Waals surface area (Å²) in [7, 11) is 0. The molecule has 0 saturated heterocycles. The number of hydrogen-bond acceptors (Lipinski definition) is 11. The molecule has 0 fully saturated rings. The van der Waals surface area contributed by atoms with Gasteiger partial charge >= 0.3 is 12.0 Å². The van der Waals surface area contributed by atoms with E-state index in [1.54, 1.807) is 0 Å². The predicted octanol–water partition coefficient (Wildman–Crippen LogP) is -2.48. The number of carboxylic acids is 1. The van der Waals surface area contributed by atoms with E-state index in [9.17, 15) is 40.2 Å². The van der Waals surface area contributed by atoms with E-state index in [0.717, 1.165) is 0 Å². The first-order valence-electron chi connectivity index (χ1n) is 12.5. The molecule has 14 nitrogen and oxygen atoms in total. The lowest BCUT2D eigenvalue weighted by atomic mass is 10.0. The molecule has 0 atom stereocenters. The molecule has 0 aromatic heterocycles. The fourth-order valence-corrected chi connectivity index (χ4v) is 3.05. The van der Waals surface area contributed by atoms with Gasteiger partial charge < -0.3 is 60.6 Å². The van der Waals surface area contributed by atoms with E-state index in [1.165, 1.54) is 0 Å². The number of unbranched alkanes of at least 4 members (excludes halogenated alkanes) is 2. The summed E-state index contributed by atoms with van der Waals surface area (Å²) in [6.45, 7) is -2.09. The number of urea groups is 1. The lowest BCUT2D eigenvalue weighted by Gasteiger charge is -2.35. The molecule has 0 spiro atoms. The van der Waals surface area contributed by atoms with E-state index >= 15 is 0 Å². The topological polar surface area (TPSA) is 227 Å². The molecule has 9 N–H and O–H groups in total. The van der Waals surface area contributed by atoms with Crippen LogP contribution < -0.4 is 10.6 Å². The Kier molecular flexibility index (Phi) is 21.4. The van der Waals surface area contributed by atoms with Gasteiger partial charge in [0.15, 0.2) is 0 Å². The molecular formula is C23H46N2O12. The number of aliphatic hydroxyl groups is 6. The monoisotopic (exact) mass is 542 g/mol. The van der Waals surface area contributed by atoms with Gasteiger partial charge in [-0.1, -0.05) is 6.42 Å². The summed E-state index contributed by atoms with van der Waals surface area (Å²) >= 11 is 0. The summed E-state index contributed by atoms with van der Waals surface area (Å²) in [5, 5.41) is 70.0. The van der Waals surface area contributed by atoms with Gasteiger partial charge in [0.25, 0.3) is 0 Å². The van der Waals surface area contributed by atoms with Crippen molar-refractivity contribution in [1.29, 1.82) is 0 Å². The molecule has 0 heterocycles. The van der Waals surface area contributed by atoms with Gasteiger partial charge in [-0.15, -0.1) is 0 Å². The summed E-state index contributed by atoms with van der Waals surface area (Å²) in [5.74, 6) is -2.50. The molecule has 14 heteroatoms. The van der Waals surface area contributed by atoms with Crippen molar-refractivity contribution in [3.8, 4) is 0 Å². The van der Waals surface area contributed by atoms with Crippen LogP contribution in [0.3, 0.4) is 0 Å². The van der Waals surface area contributed by atoms with Crippen molar-refractivity contribution in [2.75, 3.05) is 85.8 Å². The first-order valence-corrected chi connectivity index (χ1v) is 12.5. The second kappa shape index (κ2) is 22.4. The zero-order valence-corrected chi connectivity index (χ0v) is 21.4. The van der Waals surface area contributed by atoms with Crippen LogP contribution in [-0.4, -0.2) is 139 Å². The molecule has 0 radical (unpaired) electrons. The maximum atomic E-state index is 12.7. The number of aliphatic carboxylic acids is 1. The molecule has 0 unspecified atom stereocenters. The average molecular weight is 543 g/mol. The average Bonchev–Trinajstić information content (AvgIpc) is 2.89. The second-order valence-corrected chi connectivity index (χ2v) is 9.10. The van der Waals surface area contributed by atoms with Crippen molar-refractivity contribution in [3.63, 3.8) is 0 Å². The Labute approximate surface area is 217 Å². The van der Waals surface area contributed by atoms with Crippen LogP contribution in [-0.2, 0) is 19.0 Å². The molecule has 0 aromatic rings. The largest absolute Gasteiger partial charge is 0.481 e. The Morgan fingerprint density at radius 1 is 0.649 bits per heavy atom. The normalized spacial score (nSPS) is 12.0. The van der Waals surface area contributed by atoms with Crippen LogP contribution in [0.2, 0.25) is 0 Å². The molecule has 0 aromatic carbocycles. The van der Waals surface area contributed by atoms with Gasteiger partial charge in [0.2, 0.25) is 0 Å². The minimum atomic E-state index is -1.28. The lowest BCUT2D eigenvalue weighted by molar-refractivity contribution is -0.137. The Morgan fingerprint density at radius 3 is 1.41 bits per heavy atom. The Morgan fingerprint density at radius 2 is 1.05 bits per heavy atom. The molecule has 0 rings (SSSR count). The summed E-state index contributed by atoms with van der Waals surface area (Å²) in [6, 6.07) is -0.573. The van der Waals surface area contributed by atoms with Gasteiger partial charge in [-0.25, -0.2) is 4.79 Å². The molecule has 0 bridgehead atoms. The van der Waals surface area contributed by atoms with E-state index in [2.05, 4.69) is 10.6 Å². The molecular weight excluding hydrogens is 496 g/mol. The fourth-order valence-electron chi connectivity index (χ4n) is 3.05. The van der Waals surface area contributed by atoms with Crippen molar-refractivity contribution < 1.29 is 59.5 Å². The van der Waals surface area contributed by atoms with Gasteiger partial charge in [-0.3, -0.25) is 4.79 Å². The molecule has 220 valence electrons. The van der Waals surface area contributed by atoms with Crippen molar-refractivity contribution in [1.82, 2.24) is 10.6 Å². The fraction of sp³-hybridized carbons (Fsp3) is 0.913. The molecule has 0 saturated carbocycles. The third-order valence-electron chi connectivity index (χ3n) is 5.48. The molecule has 37 heavy (non-hydrogen) atoms. The highest BCUT2D eigenvalue weighted by molar-refractivity contribution is 5.74. The molecule has 0 aliphatic carbocycles. The van der Waals surface area contributed by atoms with Crippen molar-refractivity contribution in [2.45, 2.75) is 31.2 Å². The van der Waals surface area contributed by atoms with Crippen LogP contribution in [0.4, 0.5) is 4.79 Å². The summed E-state index contributed by atoms with van der Waals surface area (Å²) < 4.78 is 17.0. The third-order valence-corrected chi connectivity index (χ3v) is 5.48. The maximum absolute atomic E-state index is 12.7. The minimum absolute atomic E-state index is 0.0204. The van der Waals surface area contributed by atoms with Gasteiger partial charge in [0, 0.05) is 30.7 Å². The number of amides is 2. The number of carbonyl (C=O) groups is 2. The highest BCUT2D eigenvalue weighted by Crippen LogP contribution is 2.13. The predicted molar refractivity (Wildman–Crippen MR) is 131 cm³/mol. The molecule has 0 aliphatic heterocycles. The van der Waals surface area contributed by atoms with Crippen LogP contribution in [0.1, 0.15) is 25.7 Å². The van der Waals surface area contributed by atoms with Crippen molar-refractivity contribution >= 4 is 12.0 Å². The van der Waals surface area contributed by atoms with Crippen LogP contribution in [0.25, 0.3) is 0 Å². The van der Waals surface area contributed by atoms with E-state index < -0.39 is 35.3 Å². The van der Waals surface area contributed by atoms with E-state index in [0.29, 0.717) is 19.3 Å². The number of aliphatic hydroxyl groups excluding tert-OH is 6. The number of nitrogens with one attached hydrogen (secondary N) is 2. The lowest BCUT2D eigenvalue weighted by Crippen LogP contribution is -2.61. The quantitative estimate of drug-likeness (QED) is 0.0547. The highest BCUT2D eigenvalue weighted by atomic mass is 16.5.